The van der Waals surface area contributed by atoms with Gasteiger partial charge in [0.25, 0.3) is 0 Å². The smallest absolute Gasteiger partial charge is 0.403 e. The molecule has 2 aliphatic rings. The zero-order valence-corrected chi connectivity index (χ0v) is 14.2. The van der Waals surface area contributed by atoms with Gasteiger partial charge < -0.3 is 10.2 Å². The lowest BCUT2D eigenvalue weighted by Gasteiger charge is -2.51. The molecule has 4 atom stereocenters. The molecular weight excluding hydrogens is 350 g/mol. The Morgan fingerprint density at radius 2 is 1.48 bits per heavy atom. The van der Waals surface area contributed by atoms with Gasteiger partial charge in [-0.05, 0) is 62.4 Å². The number of alkyl halides is 6. The molecule has 0 aromatic carbocycles. The van der Waals surface area contributed by atoms with Gasteiger partial charge in [0.05, 0.1) is 11.9 Å². The molecule has 1 saturated carbocycles. The lowest BCUT2D eigenvalue weighted by molar-refractivity contribution is -0.382. The first-order chi connectivity index (χ1) is 11.3. The molecule has 2 rings (SSSR count). The van der Waals surface area contributed by atoms with Gasteiger partial charge in [0.1, 0.15) is 0 Å². The number of aliphatic hydroxyl groups is 2. The zero-order chi connectivity index (χ0) is 19.2. The molecule has 8 heteroatoms. The maximum atomic E-state index is 14.0. The second-order valence-electron chi connectivity index (χ2n) is 7.59. The summed E-state index contributed by atoms with van der Waals surface area (Å²) in [6.07, 6.45) is -13.4. The highest BCUT2D eigenvalue weighted by Crippen LogP contribution is 2.65. The molecule has 0 saturated heterocycles. The minimum absolute atomic E-state index is 0.0630. The summed E-state index contributed by atoms with van der Waals surface area (Å²) in [5, 5.41) is 19.4. The van der Waals surface area contributed by atoms with E-state index in [9.17, 15) is 36.6 Å². The van der Waals surface area contributed by atoms with Gasteiger partial charge in [0.2, 0.25) is 0 Å². The maximum absolute atomic E-state index is 14.0. The molecule has 0 heterocycles. The summed E-state index contributed by atoms with van der Waals surface area (Å²) in [4.78, 5) is 0. The van der Waals surface area contributed by atoms with E-state index in [0.29, 0.717) is 0 Å². The summed E-state index contributed by atoms with van der Waals surface area (Å²) in [5.74, 6) is -4.00. The fourth-order valence-corrected chi connectivity index (χ4v) is 4.72. The van der Waals surface area contributed by atoms with Gasteiger partial charge in [-0.2, -0.15) is 26.3 Å². The van der Waals surface area contributed by atoms with Crippen molar-refractivity contribution in [3.05, 3.63) is 11.3 Å². The first-order valence-corrected chi connectivity index (χ1v) is 8.51. The van der Waals surface area contributed by atoms with Crippen molar-refractivity contribution in [3.63, 3.8) is 0 Å². The molecule has 1 fully saturated rings. The first-order valence-electron chi connectivity index (χ1n) is 8.51. The highest BCUT2D eigenvalue weighted by Gasteiger charge is 2.76. The first kappa shape index (κ1) is 20.4. The lowest BCUT2D eigenvalue weighted by Crippen LogP contribution is -2.61. The molecule has 4 unspecified atom stereocenters. The predicted molar refractivity (Wildman–Crippen MR) is 79.7 cm³/mol. The molecule has 0 aliphatic heterocycles. The molecule has 2 aliphatic carbocycles. The van der Waals surface area contributed by atoms with Crippen LogP contribution in [0.25, 0.3) is 0 Å². The van der Waals surface area contributed by atoms with E-state index in [1.165, 1.54) is 13.8 Å². The summed E-state index contributed by atoms with van der Waals surface area (Å²) < 4.78 is 84.2. The van der Waals surface area contributed by atoms with Crippen LogP contribution < -0.4 is 0 Å². The summed E-state index contributed by atoms with van der Waals surface area (Å²) in [7, 11) is 0. The molecule has 0 amide bonds. The molecule has 0 spiro atoms. The van der Waals surface area contributed by atoms with Crippen molar-refractivity contribution in [3.8, 4) is 0 Å². The van der Waals surface area contributed by atoms with Crippen molar-refractivity contribution in [2.24, 2.45) is 23.2 Å². The Balaban J connectivity index is 2.55. The Bertz CT molecular complexity index is 508. The monoisotopic (exact) mass is 374 g/mol. The molecule has 25 heavy (non-hydrogen) atoms. The number of rotatable bonds is 2. The third kappa shape index (κ3) is 3.38. The number of allylic oxidation sites excluding steroid dienone is 2. The number of hydrogen-bond donors (Lipinski definition) is 2. The van der Waals surface area contributed by atoms with Gasteiger partial charge in [0, 0.05) is 6.42 Å². The zero-order valence-electron chi connectivity index (χ0n) is 14.2. The van der Waals surface area contributed by atoms with Crippen molar-refractivity contribution >= 4 is 0 Å². The van der Waals surface area contributed by atoms with Crippen LogP contribution in [0.4, 0.5) is 26.3 Å². The lowest BCUT2D eigenvalue weighted by atomic mass is 9.56. The van der Waals surface area contributed by atoms with Crippen molar-refractivity contribution in [1.82, 2.24) is 0 Å². The Labute approximate surface area is 142 Å². The fourth-order valence-electron chi connectivity index (χ4n) is 4.72. The van der Waals surface area contributed by atoms with E-state index in [4.69, 9.17) is 0 Å². The molecule has 146 valence electrons. The Morgan fingerprint density at radius 3 is 1.92 bits per heavy atom. The van der Waals surface area contributed by atoms with Crippen molar-refractivity contribution in [2.75, 3.05) is 0 Å². The quantitative estimate of drug-likeness (QED) is 0.624. The highest BCUT2D eigenvalue weighted by molar-refractivity contribution is 5.15. The highest BCUT2D eigenvalue weighted by atomic mass is 19.4. The van der Waals surface area contributed by atoms with Gasteiger partial charge in [-0.25, -0.2) is 0 Å². The number of halogens is 6. The molecule has 0 bridgehead atoms. The summed E-state index contributed by atoms with van der Waals surface area (Å²) in [6, 6.07) is 0. The van der Waals surface area contributed by atoms with Gasteiger partial charge >= 0.3 is 12.4 Å². The van der Waals surface area contributed by atoms with Crippen LogP contribution in [0, 0.1) is 23.2 Å². The topological polar surface area (TPSA) is 40.5 Å². The maximum Gasteiger partial charge on any atom is 0.403 e. The van der Waals surface area contributed by atoms with E-state index in [1.54, 1.807) is 0 Å². The second-order valence-corrected chi connectivity index (χ2v) is 7.59. The average Bonchev–Trinajstić information content (AvgIpc) is 2.44. The third-order valence-corrected chi connectivity index (χ3v) is 6.12. The van der Waals surface area contributed by atoms with E-state index in [-0.39, 0.29) is 43.4 Å². The molecule has 0 aromatic rings. The standard InChI is InChI=1S/C17H24F6O2/c1-9-7-11(3-5-13(9)24)15(16(18,19)20,17(21,22)23)12-4-6-14(25)10(2)8-12/h9,11-13,24-25H,3-8H2,1-2H3. The third-order valence-electron chi connectivity index (χ3n) is 6.12. The van der Waals surface area contributed by atoms with Gasteiger partial charge in [-0.1, -0.05) is 6.92 Å². The number of hydrogen-bond acceptors (Lipinski definition) is 2. The predicted octanol–water partition coefficient (Wildman–Crippen LogP) is 5.53. The number of aliphatic hydroxyl groups excluding tert-OH is 2. The van der Waals surface area contributed by atoms with Crippen LogP contribution >= 0.6 is 0 Å². The Morgan fingerprint density at radius 1 is 0.920 bits per heavy atom. The minimum Gasteiger partial charge on any atom is -0.512 e. The van der Waals surface area contributed by atoms with E-state index >= 15 is 0 Å². The Hall–Kier alpha value is -0.920. The molecule has 0 aromatic heterocycles. The van der Waals surface area contributed by atoms with Crippen LogP contribution in [0.3, 0.4) is 0 Å². The van der Waals surface area contributed by atoms with Gasteiger partial charge in [0.15, 0.2) is 5.41 Å². The van der Waals surface area contributed by atoms with Crippen LogP contribution in [0.5, 0.6) is 0 Å². The van der Waals surface area contributed by atoms with E-state index in [1.807, 2.05) is 0 Å². The van der Waals surface area contributed by atoms with Crippen LogP contribution in [0.1, 0.15) is 52.4 Å². The van der Waals surface area contributed by atoms with E-state index in [0.717, 1.165) is 0 Å². The van der Waals surface area contributed by atoms with Crippen molar-refractivity contribution in [2.45, 2.75) is 70.8 Å². The SMILES string of the molecule is CC1=C(O)CCC(C(C2CCC(O)C(C)C2)(C(F)(F)F)C(F)(F)F)C1. The van der Waals surface area contributed by atoms with Crippen molar-refractivity contribution < 1.29 is 36.6 Å². The van der Waals surface area contributed by atoms with Gasteiger partial charge in [-0.3, -0.25) is 0 Å². The largest absolute Gasteiger partial charge is 0.512 e. The van der Waals surface area contributed by atoms with Gasteiger partial charge in [-0.15, -0.1) is 0 Å². The van der Waals surface area contributed by atoms with Crippen LogP contribution in [-0.2, 0) is 0 Å². The second kappa shape index (κ2) is 6.67. The van der Waals surface area contributed by atoms with Crippen LogP contribution in [-0.4, -0.2) is 28.7 Å². The molecular formula is C17H24F6O2. The summed E-state index contributed by atoms with van der Waals surface area (Å²) in [5.41, 5.74) is -3.62. The van der Waals surface area contributed by atoms with E-state index < -0.39 is 48.0 Å². The van der Waals surface area contributed by atoms with Crippen molar-refractivity contribution in [1.29, 1.82) is 0 Å². The van der Waals surface area contributed by atoms with E-state index in [2.05, 4.69) is 0 Å². The Kier molecular flexibility index (Phi) is 5.44. The summed E-state index contributed by atoms with van der Waals surface area (Å²) in [6.45, 7) is 2.87. The normalized spacial score (nSPS) is 32.8. The minimum atomic E-state index is -5.45. The summed E-state index contributed by atoms with van der Waals surface area (Å²) >= 11 is 0. The average molecular weight is 374 g/mol. The van der Waals surface area contributed by atoms with Crippen LogP contribution in [0.2, 0.25) is 0 Å². The molecule has 2 N–H and O–H groups in total. The molecule has 0 radical (unpaired) electrons. The fraction of sp³-hybridized carbons (Fsp3) is 0.882. The van der Waals surface area contributed by atoms with Crippen LogP contribution in [0.15, 0.2) is 11.3 Å². The molecule has 2 nitrogen and oxygen atoms in total.